The summed E-state index contributed by atoms with van der Waals surface area (Å²) in [6.45, 7) is 12.2. The van der Waals surface area contributed by atoms with Crippen molar-refractivity contribution in [3.8, 4) is 0 Å². The van der Waals surface area contributed by atoms with Crippen LogP contribution in [0, 0.1) is 0 Å². The third-order valence-corrected chi connectivity index (χ3v) is 4.08. The monoisotopic (exact) mass is 331 g/mol. The van der Waals surface area contributed by atoms with Crippen molar-refractivity contribution in [3.05, 3.63) is 30.1 Å². The van der Waals surface area contributed by atoms with Gasteiger partial charge in [-0.05, 0) is 26.8 Å². The molecule has 0 radical (unpaired) electrons. The molecule has 5 heteroatoms. The summed E-state index contributed by atoms with van der Waals surface area (Å²) in [6, 6.07) is 7.95. The highest BCUT2D eigenvalue weighted by Crippen LogP contribution is 2.28. The van der Waals surface area contributed by atoms with Gasteiger partial charge in [0.1, 0.15) is 10.9 Å². The van der Waals surface area contributed by atoms with Gasteiger partial charge in [-0.1, -0.05) is 50.7 Å². The first-order valence-electron chi connectivity index (χ1n) is 7.77. The van der Waals surface area contributed by atoms with E-state index in [1.807, 2.05) is 45.0 Å². The van der Waals surface area contributed by atoms with E-state index in [0.29, 0.717) is 5.75 Å². The van der Waals surface area contributed by atoms with Crippen molar-refractivity contribution in [1.29, 1.82) is 0 Å². The number of benzene rings is 1. The van der Waals surface area contributed by atoms with E-state index in [9.17, 15) is 4.79 Å². The van der Waals surface area contributed by atoms with Crippen molar-refractivity contribution in [1.82, 2.24) is 15.3 Å². The Morgan fingerprint density at radius 1 is 1.09 bits per heavy atom. The maximum Gasteiger partial charge on any atom is 0.230 e. The van der Waals surface area contributed by atoms with Crippen LogP contribution >= 0.6 is 11.8 Å². The van der Waals surface area contributed by atoms with Crippen LogP contribution in [0.15, 0.2) is 29.3 Å². The molecule has 1 amide bonds. The molecule has 1 N–H and O–H groups in total. The quantitative estimate of drug-likeness (QED) is 0.684. The molecule has 0 aliphatic heterocycles. The summed E-state index contributed by atoms with van der Waals surface area (Å²) in [6.07, 6.45) is 0. The lowest BCUT2D eigenvalue weighted by Crippen LogP contribution is -2.41. The number of para-hydroxylation sites is 1. The second-order valence-corrected chi connectivity index (χ2v) is 8.67. The largest absolute Gasteiger partial charge is 0.351 e. The van der Waals surface area contributed by atoms with Crippen LogP contribution in [0.4, 0.5) is 0 Å². The van der Waals surface area contributed by atoms with Gasteiger partial charge in [0.25, 0.3) is 0 Å². The van der Waals surface area contributed by atoms with E-state index in [4.69, 9.17) is 4.98 Å². The van der Waals surface area contributed by atoms with Crippen LogP contribution in [0.2, 0.25) is 0 Å². The highest BCUT2D eigenvalue weighted by Gasteiger charge is 2.20. The van der Waals surface area contributed by atoms with Crippen molar-refractivity contribution >= 4 is 28.6 Å². The van der Waals surface area contributed by atoms with Gasteiger partial charge in [-0.2, -0.15) is 0 Å². The molecule has 0 atom stereocenters. The van der Waals surface area contributed by atoms with Gasteiger partial charge in [0, 0.05) is 16.3 Å². The van der Waals surface area contributed by atoms with Gasteiger partial charge in [0.15, 0.2) is 0 Å². The summed E-state index contributed by atoms with van der Waals surface area (Å²) >= 11 is 1.47. The molecule has 0 bridgehead atoms. The molecule has 4 nitrogen and oxygen atoms in total. The van der Waals surface area contributed by atoms with Crippen LogP contribution in [0.5, 0.6) is 0 Å². The molecule has 0 aliphatic rings. The Morgan fingerprint density at radius 2 is 1.74 bits per heavy atom. The van der Waals surface area contributed by atoms with Crippen molar-refractivity contribution in [2.24, 2.45) is 0 Å². The third-order valence-electron chi connectivity index (χ3n) is 3.09. The third kappa shape index (κ3) is 4.93. The number of hydrogen-bond acceptors (Lipinski definition) is 4. The minimum atomic E-state index is -0.220. The fourth-order valence-electron chi connectivity index (χ4n) is 2.08. The summed E-state index contributed by atoms with van der Waals surface area (Å²) < 4.78 is 0. The zero-order valence-corrected chi connectivity index (χ0v) is 15.5. The number of amides is 1. The maximum absolute atomic E-state index is 12.1. The summed E-state index contributed by atoms with van der Waals surface area (Å²) in [5.41, 5.74) is 0.570. The maximum atomic E-state index is 12.1. The Labute approximate surface area is 142 Å². The minimum absolute atomic E-state index is 0.0162. The first kappa shape index (κ1) is 17.7. The molecule has 2 rings (SSSR count). The van der Waals surface area contributed by atoms with E-state index in [-0.39, 0.29) is 16.9 Å². The van der Waals surface area contributed by atoms with Gasteiger partial charge in [-0.25, -0.2) is 9.97 Å². The second kappa shape index (κ2) is 6.48. The SMILES string of the molecule is CC(C)(C)NC(=O)CSc1nc(C(C)(C)C)nc2ccccc12. The number of aromatic nitrogens is 2. The fraction of sp³-hybridized carbons (Fsp3) is 0.500. The van der Waals surface area contributed by atoms with Crippen LogP contribution in [0.1, 0.15) is 47.4 Å². The number of nitrogens with zero attached hydrogens (tertiary/aromatic N) is 2. The zero-order chi connectivity index (χ0) is 17.3. The molecule has 1 heterocycles. The average molecular weight is 331 g/mol. The molecule has 0 spiro atoms. The van der Waals surface area contributed by atoms with Crippen molar-refractivity contribution < 1.29 is 4.79 Å². The van der Waals surface area contributed by atoms with E-state index in [1.54, 1.807) is 0 Å². The smallest absolute Gasteiger partial charge is 0.230 e. The van der Waals surface area contributed by atoms with Gasteiger partial charge >= 0.3 is 0 Å². The predicted molar refractivity (Wildman–Crippen MR) is 96.9 cm³/mol. The number of thioether (sulfide) groups is 1. The van der Waals surface area contributed by atoms with Crippen molar-refractivity contribution in [2.75, 3.05) is 5.75 Å². The average Bonchev–Trinajstić information content (AvgIpc) is 2.41. The number of carbonyl (C=O) groups excluding carboxylic acids is 1. The van der Waals surface area contributed by atoms with Crippen molar-refractivity contribution in [3.63, 3.8) is 0 Å². The van der Waals surface area contributed by atoms with Crippen LogP contribution in [0.25, 0.3) is 10.9 Å². The summed E-state index contributed by atoms with van der Waals surface area (Å²) in [4.78, 5) is 21.5. The van der Waals surface area contributed by atoms with E-state index in [2.05, 4.69) is 31.1 Å². The molecule has 1 aromatic carbocycles. The molecule has 0 unspecified atom stereocenters. The van der Waals surface area contributed by atoms with Crippen LogP contribution in [-0.2, 0) is 10.2 Å². The number of rotatable bonds is 3. The van der Waals surface area contributed by atoms with Crippen LogP contribution < -0.4 is 5.32 Å². The molecule has 23 heavy (non-hydrogen) atoms. The summed E-state index contributed by atoms with van der Waals surface area (Å²) in [5.74, 6) is 1.17. The molecule has 124 valence electrons. The van der Waals surface area contributed by atoms with Gasteiger partial charge in [0.2, 0.25) is 5.91 Å². The van der Waals surface area contributed by atoms with E-state index < -0.39 is 0 Å². The Hall–Kier alpha value is -1.62. The molecular weight excluding hydrogens is 306 g/mol. The lowest BCUT2D eigenvalue weighted by Gasteiger charge is -2.21. The van der Waals surface area contributed by atoms with E-state index >= 15 is 0 Å². The highest BCUT2D eigenvalue weighted by molar-refractivity contribution is 8.00. The Balaban J connectivity index is 2.30. The number of hydrogen-bond donors (Lipinski definition) is 1. The number of carbonyl (C=O) groups is 1. The standard InChI is InChI=1S/C18H25N3OS/c1-17(2,3)16-19-13-10-8-7-9-12(13)15(20-16)23-11-14(22)21-18(4,5)6/h7-10H,11H2,1-6H3,(H,21,22). The van der Waals surface area contributed by atoms with Gasteiger partial charge < -0.3 is 5.32 Å². The van der Waals surface area contributed by atoms with Gasteiger partial charge in [-0.15, -0.1) is 0 Å². The van der Waals surface area contributed by atoms with E-state index in [0.717, 1.165) is 21.8 Å². The fourth-order valence-corrected chi connectivity index (χ4v) is 2.90. The number of fused-ring (bicyclic) bond motifs is 1. The normalized spacial score (nSPS) is 12.4. The van der Waals surface area contributed by atoms with Crippen molar-refractivity contribution in [2.45, 2.75) is 57.5 Å². The van der Waals surface area contributed by atoms with Crippen LogP contribution in [-0.4, -0.2) is 27.2 Å². The first-order valence-corrected chi connectivity index (χ1v) is 8.76. The van der Waals surface area contributed by atoms with Gasteiger partial charge in [-0.3, -0.25) is 4.79 Å². The molecule has 2 aromatic rings. The second-order valence-electron chi connectivity index (χ2n) is 7.71. The van der Waals surface area contributed by atoms with Gasteiger partial charge in [0.05, 0.1) is 11.3 Å². The predicted octanol–water partition coefficient (Wildman–Crippen LogP) is 3.93. The Kier molecular flexibility index (Phi) is 4.99. The Bertz CT molecular complexity index is 714. The molecule has 0 saturated carbocycles. The molecule has 0 fully saturated rings. The zero-order valence-electron chi connectivity index (χ0n) is 14.7. The first-order chi connectivity index (χ1) is 10.6. The highest BCUT2D eigenvalue weighted by atomic mass is 32.2. The molecule has 1 aromatic heterocycles. The number of nitrogens with one attached hydrogen (secondary N) is 1. The molecular formula is C18H25N3OS. The topological polar surface area (TPSA) is 54.9 Å². The lowest BCUT2D eigenvalue weighted by atomic mass is 9.95. The molecule has 0 aliphatic carbocycles. The summed E-state index contributed by atoms with van der Waals surface area (Å²) in [5, 5.41) is 4.84. The van der Waals surface area contributed by atoms with Crippen LogP contribution in [0.3, 0.4) is 0 Å². The lowest BCUT2D eigenvalue weighted by molar-refractivity contribution is -0.119. The summed E-state index contributed by atoms with van der Waals surface area (Å²) in [7, 11) is 0. The van der Waals surface area contributed by atoms with E-state index in [1.165, 1.54) is 11.8 Å². The molecule has 0 saturated heterocycles. The Morgan fingerprint density at radius 3 is 2.35 bits per heavy atom. The minimum Gasteiger partial charge on any atom is -0.351 e.